The lowest BCUT2D eigenvalue weighted by Crippen LogP contribution is -2.40. The van der Waals surface area contributed by atoms with Gasteiger partial charge in [-0.2, -0.15) is 5.21 Å². The van der Waals surface area contributed by atoms with Crippen LogP contribution in [-0.4, -0.2) is 32.6 Å². The van der Waals surface area contributed by atoms with Gasteiger partial charge < -0.3 is 11.1 Å². The van der Waals surface area contributed by atoms with Gasteiger partial charge in [0.05, 0.1) is 12.6 Å². The fraction of sp³-hybridized carbons (Fsp3) is 0.333. The second-order valence-corrected chi connectivity index (χ2v) is 4.18. The molecular formula is C12H16N6O. The number of nitrogens with one attached hydrogen (secondary N) is 2. The summed E-state index contributed by atoms with van der Waals surface area (Å²) < 4.78 is 0. The van der Waals surface area contributed by atoms with E-state index >= 15 is 0 Å². The maximum atomic E-state index is 11.7. The van der Waals surface area contributed by atoms with Crippen LogP contribution in [0.2, 0.25) is 0 Å². The van der Waals surface area contributed by atoms with Gasteiger partial charge in [0, 0.05) is 0 Å². The number of amides is 1. The number of aromatic amines is 1. The molecule has 0 aliphatic heterocycles. The molecule has 100 valence electrons. The highest BCUT2D eigenvalue weighted by atomic mass is 16.2. The van der Waals surface area contributed by atoms with Gasteiger partial charge in [-0.3, -0.25) is 4.79 Å². The molecule has 0 saturated heterocycles. The topological polar surface area (TPSA) is 110 Å². The number of H-pyrrole nitrogens is 1. The van der Waals surface area contributed by atoms with E-state index in [0.29, 0.717) is 12.2 Å². The van der Waals surface area contributed by atoms with Gasteiger partial charge in [0.2, 0.25) is 5.91 Å². The molecule has 0 radical (unpaired) electrons. The van der Waals surface area contributed by atoms with Crippen molar-refractivity contribution in [3.05, 3.63) is 41.7 Å². The van der Waals surface area contributed by atoms with Gasteiger partial charge in [0.15, 0.2) is 5.82 Å². The van der Waals surface area contributed by atoms with Crippen LogP contribution in [-0.2, 0) is 17.8 Å². The Morgan fingerprint density at radius 3 is 2.84 bits per heavy atom. The summed E-state index contributed by atoms with van der Waals surface area (Å²) in [5.74, 6) is 0.226. The molecule has 1 unspecified atom stereocenters. The lowest BCUT2D eigenvalue weighted by atomic mass is 10.1. The molecule has 0 bridgehead atoms. The Bertz CT molecular complexity index is 498. The SMILES string of the molecule is NC(CCc1ccccc1)C(=O)NCc1nn[nH]n1. The third kappa shape index (κ3) is 4.14. The number of benzene rings is 1. The molecular weight excluding hydrogens is 244 g/mol. The largest absolute Gasteiger partial charge is 0.347 e. The van der Waals surface area contributed by atoms with Crippen molar-refractivity contribution in [1.29, 1.82) is 0 Å². The first kappa shape index (κ1) is 13.2. The summed E-state index contributed by atoms with van der Waals surface area (Å²) in [6.07, 6.45) is 1.37. The molecule has 0 aliphatic carbocycles. The molecule has 1 aromatic carbocycles. The summed E-state index contributed by atoms with van der Waals surface area (Å²) in [7, 11) is 0. The minimum Gasteiger partial charge on any atom is -0.347 e. The second-order valence-electron chi connectivity index (χ2n) is 4.18. The molecule has 4 N–H and O–H groups in total. The first-order valence-electron chi connectivity index (χ1n) is 6.05. The predicted octanol–water partition coefficient (Wildman–Crippen LogP) is -0.224. The molecule has 1 aromatic heterocycles. The molecule has 0 fully saturated rings. The Morgan fingerprint density at radius 1 is 1.37 bits per heavy atom. The number of aromatic nitrogens is 4. The summed E-state index contributed by atoms with van der Waals surface area (Å²) in [4.78, 5) is 11.7. The van der Waals surface area contributed by atoms with E-state index in [2.05, 4.69) is 25.9 Å². The summed E-state index contributed by atoms with van der Waals surface area (Å²) in [5.41, 5.74) is 7.00. The van der Waals surface area contributed by atoms with Crippen molar-refractivity contribution in [3.63, 3.8) is 0 Å². The van der Waals surface area contributed by atoms with Crippen LogP contribution in [0, 0.1) is 0 Å². The number of carbonyl (C=O) groups excluding carboxylic acids is 1. The zero-order valence-corrected chi connectivity index (χ0v) is 10.4. The quantitative estimate of drug-likeness (QED) is 0.665. The molecule has 2 aromatic rings. The van der Waals surface area contributed by atoms with E-state index < -0.39 is 6.04 Å². The second kappa shape index (κ2) is 6.60. The summed E-state index contributed by atoms with van der Waals surface area (Å²) >= 11 is 0. The van der Waals surface area contributed by atoms with Crippen molar-refractivity contribution in [2.24, 2.45) is 5.73 Å². The molecule has 2 rings (SSSR count). The number of nitrogens with zero attached hydrogens (tertiary/aromatic N) is 3. The monoisotopic (exact) mass is 260 g/mol. The third-order valence-electron chi connectivity index (χ3n) is 2.73. The lowest BCUT2D eigenvalue weighted by Gasteiger charge is -2.11. The molecule has 7 nitrogen and oxygen atoms in total. The number of nitrogens with two attached hydrogens (primary N) is 1. The Balaban J connectivity index is 1.73. The fourth-order valence-electron chi connectivity index (χ4n) is 1.65. The van der Waals surface area contributed by atoms with Crippen LogP contribution in [0.3, 0.4) is 0 Å². The van der Waals surface area contributed by atoms with Crippen molar-refractivity contribution in [1.82, 2.24) is 25.9 Å². The average Bonchev–Trinajstić information content (AvgIpc) is 2.96. The van der Waals surface area contributed by atoms with Crippen LogP contribution in [0.4, 0.5) is 0 Å². The summed E-state index contributed by atoms with van der Waals surface area (Å²) in [6, 6.07) is 9.40. The number of carbonyl (C=O) groups is 1. The van der Waals surface area contributed by atoms with E-state index in [0.717, 1.165) is 6.42 Å². The van der Waals surface area contributed by atoms with E-state index in [1.165, 1.54) is 5.56 Å². The van der Waals surface area contributed by atoms with Gasteiger partial charge in [-0.05, 0) is 18.4 Å². The highest BCUT2D eigenvalue weighted by molar-refractivity contribution is 5.81. The van der Waals surface area contributed by atoms with Gasteiger partial charge in [0.1, 0.15) is 0 Å². The fourth-order valence-corrected chi connectivity index (χ4v) is 1.65. The van der Waals surface area contributed by atoms with Crippen LogP contribution in [0.25, 0.3) is 0 Å². The van der Waals surface area contributed by atoms with E-state index in [4.69, 9.17) is 5.73 Å². The smallest absolute Gasteiger partial charge is 0.237 e. The highest BCUT2D eigenvalue weighted by Gasteiger charge is 2.13. The van der Waals surface area contributed by atoms with Crippen LogP contribution in [0.15, 0.2) is 30.3 Å². The number of hydrogen-bond donors (Lipinski definition) is 3. The van der Waals surface area contributed by atoms with Crippen molar-refractivity contribution in [3.8, 4) is 0 Å². The van der Waals surface area contributed by atoms with Gasteiger partial charge >= 0.3 is 0 Å². The molecule has 1 atom stereocenters. The lowest BCUT2D eigenvalue weighted by molar-refractivity contribution is -0.122. The van der Waals surface area contributed by atoms with Gasteiger partial charge in [-0.1, -0.05) is 35.5 Å². The summed E-state index contributed by atoms with van der Waals surface area (Å²) in [6.45, 7) is 0.231. The van der Waals surface area contributed by atoms with Crippen LogP contribution < -0.4 is 11.1 Å². The zero-order valence-electron chi connectivity index (χ0n) is 10.4. The average molecular weight is 260 g/mol. The van der Waals surface area contributed by atoms with Crippen molar-refractivity contribution in [2.75, 3.05) is 0 Å². The molecule has 19 heavy (non-hydrogen) atoms. The number of rotatable bonds is 6. The van der Waals surface area contributed by atoms with Gasteiger partial charge in [-0.15, -0.1) is 10.2 Å². The molecule has 0 saturated carbocycles. The third-order valence-corrected chi connectivity index (χ3v) is 2.73. The standard InChI is InChI=1S/C12H16N6O/c13-10(7-6-9-4-2-1-3-5-9)12(19)14-8-11-15-17-18-16-11/h1-5,10H,6-8,13H2,(H,14,19)(H,15,16,17,18). The molecule has 0 aliphatic rings. The Labute approximate surface area is 110 Å². The van der Waals surface area contributed by atoms with E-state index in [-0.39, 0.29) is 12.5 Å². The van der Waals surface area contributed by atoms with Gasteiger partial charge in [0.25, 0.3) is 0 Å². The van der Waals surface area contributed by atoms with Crippen LogP contribution >= 0.6 is 0 Å². The predicted molar refractivity (Wildman–Crippen MR) is 68.8 cm³/mol. The first-order valence-corrected chi connectivity index (χ1v) is 6.05. The summed E-state index contributed by atoms with van der Waals surface area (Å²) in [5, 5.41) is 15.9. The Morgan fingerprint density at radius 2 is 2.16 bits per heavy atom. The Hall–Kier alpha value is -2.28. The minimum atomic E-state index is -0.535. The van der Waals surface area contributed by atoms with Gasteiger partial charge in [-0.25, -0.2) is 0 Å². The first-order chi connectivity index (χ1) is 9.25. The maximum Gasteiger partial charge on any atom is 0.237 e. The van der Waals surface area contributed by atoms with Crippen molar-refractivity contribution >= 4 is 5.91 Å². The molecule has 1 heterocycles. The number of aryl methyl sites for hydroxylation is 1. The van der Waals surface area contributed by atoms with E-state index in [1.54, 1.807) is 0 Å². The maximum absolute atomic E-state index is 11.7. The normalized spacial score (nSPS) is 12.1. The number of tetrazole rings is 1. The molecule has 0 spiro atoms. The molecule has 7 heteroatoms. The van der Waals surface area contributed by atoms with E-state index in [1.807, 2.05) is 30.3 Å². The Kier molecular flexibility index (Phi) is 4.57. The van der Waals surface area contributed by atoms with Crippen molar-refractivity contribution < 1.29 is 4.79 Å². The van der Waals surface area contributed by atoms with E-state index in [9.17, 15) is 4.79 Å². The van der Waals surface area contributed by atoms with Crippen molar-refractivity contribution in [2.45, 2.75) is 25.4 Å². The molecule has 1 amide bonds. The minimum absolute atomic E-state index is 0.208. The zero-order chi connectivity index (χ0) is 13.5. The van der Waals surface area contributed by atoms with Crippen LogP contribution in [0.1, 0.15) is 17.8 Å². The highest BCUT2D eigenvalue weighted by Crippen LogP contribution is 2.04. The number of hydrogen-bond acceptors (Lipinski definition) is 5. The van der Waals surface area contributed by atoms with Crippen LogP contribution in [0.5, 0.6) is 0 Å².